The van der Waals surface area contributed by atoms with Crippen LogP contribution in [0.5, 0.6) is 5.75 Å². The predicted octanol–water partition coefficient (Wildman–Crippen LogP) is 6.11. The van der Waals surface area contributed by atoms with E-state index in [0.717, 1.165) is 46.3 Å². The SMILES string of the molecule is O=C(Nc1ccccc1)Nc1cccc(-c2cccc3nc(Cc4ccc(OCCN5CCCC5)cc4)nn23)c1. The number of ether oxygens (including phenoxy) is 1. The number of para-hydroxylation sites is 1. The summed E-state index contributed by atoms with van der Waals surface area (Å²) < 4.78 is 7.80. The Labute approximate surface area is 233 Å². The molecule has 0 unspecified atom stereocenters. The van der Waals surface area contributed by atoms with Gasteiger partial charge in [-0.15, -0.1) is 0 Å². The fourth-order valence-electron chi connectivity index (χ4n) is 5.00. The van der Waals surface area contributed by atoms with Gasteiger partial charge in [0.2, 0.25) is 0 Å². The molecular weight excluding hydrogens is 500 g/mol. The number of likely N-dealkylation sites (tertiary alicyclic amines) is 1. The number of hydrogen-bond acceptors (Lipinski definition) is 5. The molecule has 0 saturated carbocycles. The quantitative estimate of drug-likeness (QED) is 0.239. The van der Waals surface area contributed by atoms with Gasteiger partial charge in [0.25, 0.3) is 0 Å². The van der Waals surface area contributed by atoms with Crippen molar-refractivity contribution in [2.75, 3.05) is 36.9 Å². The van der Waals surface area contributed by atoms with Crippen molar-refractivity contribution in [3.8, 4) is 17.0 Å². The highest BCUT2D eigenvalue weighted by atomic mass is 16.5. The highest BCUT2D eigenvalue weighted by Gasteiger charge is 2.12. The summed E-state index contributed by atoms with van der Waals surface area (Å²) in [5, 5.41) is 10.6. The van der Waals surface area contributed by atoms with Crippen LogP contribution in [-0.2, 0) is 6.42 Å². The van der Waals surface area contributed by atoms with E-state index in [1.54, 1.807) is 0 Å². The Hall–Kier alpha value is -4.69. The lowest BCUT2D eigenvalue weighted by Crippen LogP contribution is -2.25. The number of carbonyl (C=O) groups is 1. The van der Waals surface area contributed by atoms with Crippen LogP contribution in [0.15, 0.2) is 97.1 Å². The third kappa shape index (κ3) is 6.30. The molecule has 0 spiro atoms. The van der Waals surface area contributed by atoms with Gasteiger partial charge in [-0.25, -0.2) is 14.3 Å². The number of nitrogens with one attached hydrogen (secondary N) is 2. The number of pyridine rings is 1. The molecule has 3 aromatic carbocycles. The zero-order valence-corrected chi connectivity index (χ0v) is 22.3. The summed E-state index contributed by atoms with van der Waals surface area (Å²) in [7, 11) is 0. The van der Waals surface area contributed by atoms with Crippen molar-refractivity contribution in [2.24, 2.45) is 0 Å². The maximum atomic E-state index is 12.5. The molecule has 8 heteroatoms. The van der Waals surface area contributed by atoms with Crippen molar-refractivity contribution in [3.05, 3.63) is 108 Å². The average molecular weight is 533 g/mol. The van der Waals surface area contributed by atoms with Crippen LogP contribution >= 0.6 is 0 Å². The molecule has 2 amide bonds. The third-order valence-electron chi connectivity index (χ3n) is 7.01. The smallest absolute Gasteiger partial charge is 0.323 e. The maximum Gasteiger partial charge on any atom is 0.323 e. The van der Waals surface area contributed by atoms with Crippen molar-refractivity contribution in [2.45, 2.75) is 19.3 Å². The topological polar surface area (TPSA) is 83.8 Å². The number of carbonyl (C=O) groups excluding carboxylic acids is 1. The molecule has 1 aliphatic rings. The van der Waals surface area contributed by atoms with E-state index in [9.17, 15) is 4.79 Å². The molecule has 3 heterocycles. The normalized spacial score (nSPS) is 13.4. The molecular formula is C32H32N6O2. The molecule has 0 bridgehead atoms. The molecule has 0 aliphatic carbocycles. The summed E-state index contributed by atoms with van der Waals surface area (Å²) in [6.45, 7) is 4.06. The van der Waals surface area contributed by atoms with E-state index in [4.69, 9.17) is 14.8 Å². The van der Waals surface area contributed by atoms with E-state index < -0.39 is 0 Å². The third-order valence-corrected chi connectivity index (χ3v) is 7.01. The maximum absolute atomic E-state index is 12.5. The molecule has 6 rings (SSSR count). The van der Waals surface area contributed by atoms with Crippen molar-refractivity contribution >= 4 is 23.1 Å². The minimum atomic E-state index is -0.299. The van der Waals surface area contributed by atoms with E-state index in [-0.39, 0.29) is 6.03 Å². The Kier molecular flexibility index (Phi) is 7.68. The fraction of sp³-hybridized carbons (Fsp3) is 0.219. The second-order valence-corrected chi connectivity index (χ2v) is 9.95. The number of nitrogens with zero attached hydrogens (tertiary/aromatic N) is 4. The number of aromatic nitrogens is 3. The first-order valence-electron chi connectivity index (χ1n) is 13.7. The molecule has 1 saturated heterocycles. The van der Waals surface area contributed by atoms with Crippen LogP contribution in [0, 0.1) is 0 Å². The summed E-state index contributed by atoms with van der Waals surface area (Å²) in [4.78, 5) is 19.7. The lowest BCUT2D eigenvalue weighted by molar-refractivity contribution is 0.238. The molecule has 0 radical (unpaired) electrons. The average Bonchev–Trinajstić information content (AvgIpc) is 3.64. The standard InChI is InChI=1S/C32H32N6O2/c39-32(33-26-9-2-1-3-10-26)34-27-11-6-8-25(23-27)29-12-7-13-31-35-30(36-38(29)31)22-24-14-16-28(17-15-24)40-21-20-37-18-4-5-19-37/h1-3,6-17,23H,4-5,18-22H2,(H2,33,34,39). The van der Waals surface area contributed by atoms with Gasteiger partial charge in [-0.2, -0.15) is 5.10 Å². The number of hydrogen-bond donors (Lipinski definition) is 2. The van der Waals surface area contributed by atoms with E-state index >= 15 is 0 Å². The second kappa shape index (κ2) is 12.0. The Morgan fingerprint density at radius 2 is 1.57 bits per heavy atom. The molecule has 8 nitrogen and oxygen atoms in total. The summed E-state index contributed by atoms with van der Waals surface area (Å²) >= 11 is 0. The van der Waals surface area contributed by atoms with E-state index in [2.05, 4.69) is 27.7 Å². The summed E-state index contributed by atoms with van der Waals surface area (Å²) in [5.74, 6) is 1.63. The van der Waals surface area contributed by atoms with Gasteiger partial charge in [0, 0.05) is 29.9 Å². The first-order valence-corrected chi connectivity index (χ1v) is 13.7. The van der Waals surface area contributed by atoms with Crippen LogP contribution in [0.1, 0.15) is 24.2 Å². The first-order chi connectivity index (χ1) is 19.7. The van der Waals surface area contributed by atoms with Crippen LogP contribution in [0.25, 0.3) is 16.9 Å². The fourth-order valence-corrected chi connectivity index (χ4v) is 5.00. The van der Waals surface area contributed by atoms with Crippen LogP contribution in [0.4, 0.5) is 16.2 Å². The van der Waals surface area contributed by atoms with Crippen molar-refractivity contribution in [1.82, 2.24) is 19.5 Å². The lowest BCUT2D eigenvalue weighted by atomic mass is 10.1. The van der Waals surface area contributed by atoms with Crippen molar-refractivity contribution < 1.29 is 9.53 Å². The van der Waals surface area contributed by atoms with Gasteiger partial charge in [0.05, 0.1) is 5.69 Å². The molecule has 1 aliphatic heterocycles. The van der Waals surface area contributed by atoms with E-state index in [1.807, 2.05) is 89.4 Å². The van der Waals surface area contributed by atoms with Crippen LogP contribution in [0.2, 0.25) is 0 Å². The zero-order valence-electron chi connectivity index (χ0n) is 22.3. The van der Waals surface area contributed by atoms with Crippen molar-refractivity contribution in [3.63, 3.8) is 0 Å². The monoisotopic (exact) mass is 532 g/mol. The number of fused-ring (bicyclic) bond motifs is 1. The van der Waals surface area contributed by atoms with Crippen LogP contribution < -0.4 is 15.4 Å². The number of anilines is 2. The van der Waals surface area contributed by atoms with Crippen molar-refractivity contribution in [1.29, 1.82) is 0 Å². The lowest BCUT2D eigenvalue weighted by Gasteiger charge is -2.14. The Balaban J connectivity index is 1.12. The number of benzene rings is 3. The van der Waals surface area contributed by atoms with Gasteiger partial charge in [-0.1, -0.05) is 48.5 Å². The van der Waals surface area contributed by atoms with Gasteiger partial charge in [0.1, 0.15) is 12.4 Å². The summed E-state index contributed by atoms with van der Waals surface area (Å²) in [6.07, 6.45) is 3.21. The van der Waals surface area contributed by atoms with Gasteiger partial charge in [-0.3, -0.25) is 4.90 Å². The first kappa shape index (κ1) is 25.6. The molecule has 0 atom stereocenters. The molecule has 2 N–H and O–H groups in total. The second-order valence-electron chi connectivity index (χ2n) is 9.95. The van der Waals surface area contributed by atoms with E-state index in [0.29, 0.717) is 18.7 Å². The predicted molar refractivity (Wildman–Crippen MR) is 158 cm³/mol. The highest BCUT2D eigenvalue weighted by Crippen LogP contribution is 2.24. The van der Waals surface area contributed by atoms with Crippen LogP contribution in [-0.4, -0.2) is 51.8 Å². The summed E-state index contributed by atoms with van der Waals surface area (Å²) in [6, 6.07) is 30.9. The minimum Gasteiger partial charge on any atom is -0.492 e. The van der Waals surface area contributed by atoms with E-state index in [1.165, 1.54) is 25.9 Å². The largest absolute Gasteiger partial charge is 0.492 e. The summed E-state index contributed by atoms with van der Waals surface area (Å²) in [5.41, 5.74) is 5.14. The molecule has 40 heavy (non-hydrogen) atoms. The van der Waals surface area contributed by atoms with Gasteiger partial charge >= 0.3 is 6.03 Å². The highest BCUT2D eigenvalue weighted by molar-refractivity contribution is 6.00. The minimum absolute atomic E-state index is 0.299. The Morgan fingerprint density at radius 1 is 0.825 bits per heavy atom. The van der Waals surface area contributed by atoms with Gasteiger partial charge in [0.15, 0.2) is 11.5 Å². The molecule has 2 aromatic heterocycles. The molecule has 202 valence electrons. The Bertz CT molecular complexity index is 1580. The Morgan fingerprint density at radius 3 is 2.40 bits per heavy atom. The number of amides is 2. The van der Waals surface area contributed by atoms with Gasteiger partial charge < -0.3 is 15.4 Å². The molecule has 1 fully saturated rings. The molecule has 5 aromatic rings. The van der Waals surface area contributed by atoms with Crippen LogP contribution in [0.3, 0.4) is 0 Å². The number of urea groups is 1. The van der Waals surface area contributed by atoms with Gasteiger partial charge in [-0.05, 0) is 80.0 Å². The number of rotatable bonds is 9. The zero-order chi connectivity index (χ0) is 27.1.